The van der Waals surface area contributed by atoms with Crippen molar-refractivity contribution < 1.29 is 9.53 Å². The van der Waals surface area contributed by atoms with Crippen LogP contribution in [0.3, 0.4) is 0 Å². The van der Waals surface area contributed by atoms with Crippen LogP contribution in [0.5, 0.6) is 5.75 Å². The van der Waals surface area contributed by atoms with Crippen molar-refractivity contribution in [3.63, 3.8) is 0 Å². The third-order valence-corrected chi connectivity index (χ3v) is 6.34. The quantitative estimate of drug-likeness (QED) is 0.219. The van der Waals surface area contributed by atoms with Gasteiger partial charge in [-0.25, -0.2) is 4.98 Å². The minimum Gasteiger partial charge on any atom is -0.493 e. The van der Waals surface area contributed by atoms with E-state index in [0.29, 0.717) is 13.2 Å². The number of carbonyl (C=O) groups is 1. The number of aromatic nitrogens is 2. The van der Waals surface area contributed by atoms with Crippen LogP contribution in [0.15, 0.2) is 61.2 Å². The lowest BCUT2D eigenvalue weighted by Crippen LogP contribution is -2.31. The molecule has 0 unspecified atom stereocenters. The van der Waals surface area contributed by atoms with Crippen molar-refractivity contribution in [2.75, 3.05) is 13.2 Å². The largest absolute Gasteiger partial charge is 0.493 e. The molecule has 0 aliphatic carbocycles. The van der Waals surface area contributed by atoms with Gasteiger partial charge in [-0.1, -0.05) is 50.3 Å². The summed E-state index contributed by atoms with van der Waals surface area (Å²) < 4.78 is 8.39. The number of unbranched alkanes of at least 4 members (excludes halogenated alkanes) is 1. The van der Waals surface area contributed by atoms with Gasteiger partial charge in [0.05, 0.1) is 17.6 Å². The second kappa shape index (κ2) is 13.6. The Morgan fingerprint density at radius 1 is 1.09 bits per heavy atom. The minimum absolute atomic E-state index is 0.121. The Morgan fingerprint density at radius 2 is 1.85 bits per heavy atom. The summed E-state index contributed by atoms with van der Waals surface area (Å²) in [6, 6.07) is 16.5. The highest BCUT2D eigenvalue weighted by atomic mass is 16.5. The van der Waals surface area contributed by atoms with E-state index in [2.05, 4.69) is 54.6 Å². The molecule has 1 heterocycles. The molecule has 1 amide bonds. The summed E-state index contributed by atoms with van der Waals surface area (Å²) in [5.74, 6) is 2.34. The predicted molar refractivity (Wildman–Crippen MR) is 140 cm³/mol. The molecule has 5 nitrogen and oxygen atoms in total. The van der Waals surface area contributed by atoms with Crippen LogP contribution < -0.4 is 10.1 Å². The summed E-state index contributed by atoms with van der Waals surface area (Å²) in [4.78, 5) is 17.1. The van der Waals surface area contributed by atoms with Gasteiger partial charge in [-0.05, 0) is 62.3 Å². The fourth-order valence-electron chi connectivity index (χ4n) is 4.35. The number of aryl methyl sites for hydroxylation is 2. The van der Waals surface area contributed by atoms with Crippen molar-refractivity contribution in [2.24, 2.45) is 5.92 Å². The maximum absolute atomic E-state index is 12.2. The Kier molecular flexibility index (Phi) is 10.2. The number of amides is 1. The molecule has 0 saturated heterocycles. The van der Waals surface area contributed by atoms with E-state index in [0.717, 1.165) is 68.6 Å². The first-order chi connectivity index (χ1) is 16.7. The fraction of sp³-hybridized carbons (Fsp3) is 0.448. The molecule has 5 heteroatoms. The van der Waals surface area contributed by atoms with E-state index in [-0.39, 0.29) is 11.8 Å². The Hall–Kier alpha value is -3.08. The van der Waals surface area contributed by atoms with Crippen molar-refractivity contribution in [3.8, 4) is 5.75 Å². The number of rotatable bonds is 15. The molecule has 182 valence electrons. The van der Waals surface area contributed by atoms with E-state index in [1.165, 1.54) is 11.1 Å². The van der Waals surface area contributed by atoms with Crippen LogP contribution in [0.1, 0.15) is 57.3 Å². The van der Waals surface area contributed by atoms with E-state index >= 15 is 0 Å². The van der Waals surface area contributed by atoms with E-state index < -0.39 is 0 Å². The highest BCUT2D eigenvalue weighted by molar-refractivity contribution is 5.78. The zero-order valence-corrected chi connectivity index (χ0v) is 20.8. The van der Waals surface area contributed by atoms with Crippen LogP contribution in [-0.4, -0.2) is 28.6 Å². The first-order valence-corrected chi connectivity index (χ1v) is 12.7. The average Bonchev–Trinajstić information content (AvgIpc) is 3.21. The average molecular weight is 462 g/mol. The number of carbonyl (C=O) groups excluding carboxylic acids is 1. The number of benzene rings is 2. The van der Waals surface area contributed by atoms with Crippen LogP contribution in [0.25, 0.3) is 11.0 Å². The molecule has 1 N–H and O–H groups in total. The Labute approximate surface area is 204 Å². The van der Waals surface area contributed by atoms with Gasteiger partial charge in [0.15, 0.2) is 0 Å². The molecular weight excluding hydrogens is 422 g/mol. The SMILES string of the molecule is C=CCc1ccccc1OCCCCn1c(CCCNC(=O)C(CC)CC)nc2ccccc21. The molecule has 2 aromatic carbocycles. The number of hydrogen-bond donors (Lipinski definition) is 1. The van der Waals surface area contributed by atoms with Gasteiger partial charge in [0.2, 0.25) is 5.91 Å². The molecule has 3 rings (SSSR count). The topological polar surface area (TPSA) is 56.1 Å². The van der Waals surface area contributed by atoms with E-state index in [4.69, 9.17) is 9.72 Å². The van der Waals surface area contributed by atoms with Gasteiger partial charge in [-0.3, -0.25) is 4.79 Å². The van der Waals surface area contributed by atoms with Gasteiger partial charge < -0.3 is 14.6 Å². The summed E-state index contributed by atoms with van der Waals surface area (Å²) >= 11 is 0. The second-order valence-corrected chi connectivity index (χ2v) is 8.73. The normalized spacial score (nSPS) is 11.1. The zero-order valence-electron chi connectivity index (χ0n) is 20.8. The van der Waals surface area contributed by atoms with E-state index in [1.54, 1.807) is 0 Å². The number of allylic oxidation sites excluding steroid dienone is 1. The van der Waals surface area contributed by atoms with Gasteiger partial charge in [0.1, 0.15) is 11.6 Å². The second-order valence-electron chi connectivity index (χ2n) is 8.73. The Morgan fingerprint density at radius 3 is 2.65 bits per heavy atom. The first-order valence-electron chi connectivity index (χ1n) is 12.7. The number of imidazole rings is 1. The number of para-hydroxylation sites is 3. The Balaban J connectivity index is 1.52. The monoisotopic (exact) mass is 461 g/mol. The van der Waals surface area contributed by atoms with Gasteiger partial charge in [-0.15, -0.1) is 6.58 Å². The molecule has 1 aromatic heterocycles. The zero-order chi connectivity index (χ0) is 24.2. The third kappa shape index (κ3) is 6.96. The van der Waals surface area contributed by atoms with Crippen LogP contribution in [0.2, 0.25) is 0 Å². The maximum Gasteiger partial charge on any atom is 0.223 e. The van der Waals surface area contributed by atoms with Gasteiger partial charge in [-0.2, -0.15) is 0 Å². The number of hydrogen-bond acceptors (Lipinski definition) is 3. The van der Waals surface area contributed by atoms with Gasteiger partial charge >= 0.3 is 0 Å². The van der Waals surface area contributed by atoms with Crippen molar-refractivity contribution >= 4 is 16.9 Å². The highest BCUT2D eigenvalue weighted by Crippen LogP contribution is 2.20. The standard InChI is InChI=1S/C29H39N3O2/c1-4-14-24-15-7-10-18-27(24)34-22-12-11-21-32-26-17-9-8-16-25(26)31-28(32)19-13-20-30-29(33)23(5-2)6-3/h4,7-10,15-18,23H,1,5-6,11-14,19-22H2,2-3H3,(H,30,33). The van der Waals surface area contributed by atoms with Crippen molar-refractivity contribution in [1.82, 2.24) is 14.9 Å². The first kappa shape index (κ1) is 25.5. The van der Waals surface area contributed by atoms with Gasteiger partial charge in [0, 0.05) is 25.4 Å². The van der Waals surface area contributed by atoms with Crippen LogP contribution in [-0.2, 0) is 24.2 Å². The molecule has 3 aromatic rings. The number of nitrogens with one attached hydrogen (secondary N) is 1. The Bertz CT molecular complexity index is 1050. The van der Waals surface area contributed by atoms with Crippen molar-refractivity contribution in [2.45, 2.75) is 65.3 Å². The summed E-state index contributed by atoms with van der Waals surface area (Å²) in [6.45, 7) is 10.3. The molecule has 0 radical (unpaired) electrons. The highest BCUT2D eigenvalue weighted by Gasteiger charge is 2.14. The van der Waals surface area contributed by atoms with Crippen LogP contribution in [0, 0.1) is 5.92 Å². The van der Waals surface area contributed by atoms with Crippen LogP contribution >= 0.6 is 0 Å². The van der Waals surface area contributed by atoms with Crippen molar-refractivity contribution in [3.05, 3.63) is 72.6 Å². The van der Waals surface area contributed by atoms with Crippen molar-refractivity contribution in [1.29, 1.82) is 0 Å². The molecule has 0 saturated carbocycles. The lowest BCUT2D eigenvalue weighted by Gasteiger charge is -2.13. The molecular formula is C29H39N3O2. The number of fused-ring (bicyclic) bond motifs is 1. The maximum atomic E-state index is 12.2. The number of nitrogens with zero attached hydrogens (tertiary/aromatic N) is 2. The molecule has 0 fully saturated rings. The minimum atomic E-state index is 0.121. The number of ether oxygens (including phenoxy) is 1. The van der Waals surface area contributed by atoms with Crippen LogP contribution in [0.4, 0.5) is 0 Å². The summed E-state index contributed by atoms with van der Waals surface area (Å²) in [5.41, 5.74) is 3.39. The third-order valence-electron chi connectivity index (χ3n) is 6.34. The molecule has 34 heavy (non-hydrogen) atoms. The van der Waals surface area contributed by atoms with Gasteiger partial charge in [0.25, 0.3) is 0 Å². The lowest BCUT2D eigenvalue weighted by atomic mass is 10.0. The molecule has 0 aliphatic heterocycles. The molecule has 0 bridgehead atoms. The summed E-state index contributed by atoms with van der Waals surface area (Å²) in [5, 5.41) is 3.10. The molecule has 0 spiro atoms. The van der Waals surface area contributed by atoms with E-state index in [1.807, 2.05) is 30.3 Å². The summed E-state index contributed by atoms with van der Waals surface area (Å²) in [6.07, 6.45) is 8.23. The molecule has 0 atom stereocenters. The molecule has 0 aliphatic rings. The van der Waals surface area contributed by atoms with E-state index in [9.17, 15) is 4.79 Å². The predicted octanol–water partition coefficient (Wildman–Crippen LogP) is 6.11. The summed E-state index contributed by atoms with van der Waals surface area (Å²) in [7, 11) is 0. The lowest BCUT2D eigenvalue weighted by molar-refractivity contribution is -0.125. The fourth-order valence-corrected chi connectivity index (χ4v) is 4.35. The smallest absolute Gasteiger partial charge is 0.223 e.